The van der Waals surface area contributed by atoms with Crippen molar-refractivity contribution in [3.05, 3.63) is 23.8 Å². The van der Waals surface area contributed by atoms with Crippen LogP contribution >= 0.6 is 0 Å². The molecular formula is C15H22O. The molecule has 0 aliphatic heterocycles. The van der Waals surface area contributed by atoms with E-state index < -0.39 is 0 Å². The summed E-state index contributed by atoms with van der Waals surface area (Å²) in [6, 6.07) is 0. The summed E-state index contributed by atoms with van der Waals surface area (Å²) in [6.07, 6.45) is 11.0. The van der Waals surface area contributed by atoms with Gasteiger partial charge in [-0.3, -0.25) is 0 Å². The van der Waals surface area contributed by atoms with Crippen molar-refractivity contribution in [2.24, 2.45) is 29.6 Å². The number of aliphatic hydroxyl groups excluding tert-OH is 1. The quantitative estimate of drug-likeness (QED) is 0.706. The Labute approximate surface area is 98.2 Å². The van der Waals surface area contributed by atoms with E-state index in [0.717, 1.165) is 23.7 Å². The Hall–Kier alpha value is -0.560. The third-order valence-corrected chi connectivity index (χ3v) is 5.10. The molecule has 2 unspecified atom stereocenters. The summed E-state index contributed by atoms with van der Waals surface area (Å²) in [5.74, 6) is 3.88. The minimum atomic E-state index is -0.207. The molecule has 0 radical (unpaired) electrons. The topological polar surface area (TPSA) is 20.2 Å². The Bertz CT molecular complexity index is 339. The van der Waals surface area contributed by atoms with Crippen molar-refractivity contribution in [1.29, 1.82) is 0 Å². The molecule has 0 aromatic heterocycles. The number of hydrogen-bond donors (Lipinski definition) is 1. The third kappa shape index (κ3) is 1.48. The Balaban J connectivity index is 1.79. The molecular weight excluding hydrogens is 196 g/mol. The Morgan fingerprint density at radius 3 is 3.00 bits per heavy atom. The average Bonchev–Trinajstić information content (AvgIpc) is 2.87. The van der Waals surface area contributed by atoms with E-state index in [1.54, 1.807) is 5.57 Å². The van der Waals surface area contributed by atoms with Crippen molar-refractivity contribution in [3.63, 3.8) is 0 Å². The van der Waals surface area contributed by atoms with E-state index in [2.05, 4.69) is 25.2 Å². The molecule has 0 spiro atoms. The van der Waals surface area contributed by atoms with Crippen LogP contribution in [0.15, 0.2) is 23.8 Å². The summed E-state index contributed by atoms with van der Waals surface area (Å²) in [6.45, 7) is 4.03. The van der Waals surface area contributed by atoms with Gasteiger partial charge in [0, 0.05) is 0 Å². The molecule has 0 heterocycles. The molecule has 2 bridgehead atoms. The van der Waals surface area contributed by atoms with Crippen molar-refractivity contribution < 1.29 is 5.11 Å². The number of aliphatic hydroxyl groups is 1. The van der Waals surface area contributed by atoms with Crippen molar-refractivity contribution in [3.8, 4) is 0 Å². The number of allylic oxidation sites excluding steroid dienone is 3. The Morgan fingerprint density at radius 2 is 2.25 bits per heavy atom. The summed E-state index contributed by atoms with van der Waals surface area (Å²) in [4.78, 5) is 0. The molecule has 3 rings (SSSR count). The summed E-state index contributed by atoms with van der Waals surface area (Å²) in [5, 5.41) is 9.58. The van der Waals surface area contributed by atoms with Crippen LogP contribution in [0.3, 0.4) is 0 Å². The van der Waals surface area contributed by atoms with Gasteiger partial charge in [0.2, 0.25) is 0 Å². The molecule has 0 amide bonds. The molecule has 0 saturated heterocycles. The summed E-state index contributed by atoms with van der Waals surface area (Å²) >= 11 is 0. The van der Waals surface area contributed by atoms with Crippen LogP contribution in [0, 0.1) is 29.6 Å². The molecule has 3 aliphatic carbocycles. The van der Waals surface area contributed by atoms with Gasteiger partial charge in [0.1, 0.15) is 0 Å². The minimum Gasteiger partial charge on any atom is -0.393 e. The highest BCUT2D eigenvalue weighted by Gasteiger charge is 2.49. The first-order chi connectivity index (χ1) is 7.66. The Morgan fingerprint density at radius 1 is 1.44 bits per heavy atom. The number of rotatable bonds is 2. The molecule has 88 valence electrons. The van der Waals surface area contributed by atoms with E-state index in [4.69, 9.17) is 0 Å². The lowest BCUT2D eigenvalue weighted by molar-refractivity contribution is 0.156. The van der Waals surface area contributed by atoms with Crippen molar-refractivity contribution in [2.75, 3.05) is 0 Å². The van der Waals surface area contributed by atoms with E-state index >= 15 is 0 Å². The predicted octanol–water partition coefficient (Wildman–Crippen LogP) is 3.16. The largest absolute Gasteiger partial charge is 0.393 e. The van der Waals surface area contributed by atoms with Gasteiger partial charge in [0.25, 0.3) is 0 Å². The van der Waals surface area contributed by atoms with Crippen LogP contribution in [0.1, 0.15) is 33.1 Å². The summed E-state index contributed by atoms with van der Waals surface area (Å²) in [5.41, 5.74) is 1.64. The molecule has 1 heteroatoms. The lowest BCUT2D eigenvalue weighted by Gasteiger charge is -2.27. The zero-order chi connectivity index (χ0) is 11.3. The van der Waals surface area contributed by atoms with Crippen LogP contribution < -0.4 is 0 Å². The standard InChI is InChI=1S/C15H22O/c1-9(10(2)16)6-11-7-12-8-15(11)14-5-3-4-13(12)14/h3,5-6,9-10,12-16H,4,7-8H2,1-2H3/b11-6+/t9-,10-,12?,13-,14-,15?/m0/s1. The average molecular weight is 218 g/mol. The van der Waals surface area contributed by atoms with Crippen LogP contribution in [-0.4, -0.2) is 11.2 Å². The van der Waals surface area contributed by atoms with Crippen LogP contribution in [0.4, 0.5) is 0 Å². The molecule has 2 fully saturated rings. The zero-order valence-corrected chi connectivity index (χ0v) is 10.3. The van der Waals surface area contributed by atoms with Crippen LogP contribution in [-0.2, 0) is 0 Å². The van der Waals surface area contributed by atoms with Gasteiger partial charge in [-0.25, -0.2) is 0 Å². The molecule has 1 N–H and O–H groups in total. The third-order valence-electron chi connectivity index (χ3n) is 5.10. The fourth-order valence-electron chi connectivity index (χ4n) is 4.05. The van der Waals surface area contributed by atoms with Gasteiger partial charge in [-0.15, -0.1) is 0 Å². The van der Waals surface area contributed by atoms with Crippen LogP contribution in [0.5, 0.6) is 0 Å². The van der Waals surface area contributed by atoms with Gasteiger partial charge in [-0.05, 0) is 55.8 Å². The van der Waals surface area contributed by atoms with Gasteiger partial charge >= 0.3 is 0 Å². The maximum atomic E-state index is 9.58. The lowest BCUT2D eigenvalue weighted by Crippen LogP contribution is -2.20. The number of fused-ring (bicyclic) bond motifs is 5. The van der Waals surface area contributed by atoms with E-state index in [1.165, 1.54) is 19.3 Å². The van der Waals surface area contributed by atoms with Crippen LogP contribution in [0.25, 0.3) is 0 Å². The van der Waals surface area contributed by atoms with Gasteiger partial charge in [-0.1, -0.05) is 30.7 Å². The second-order valence-corrected chi connectivity index (χ2v) is 6.05. The van der Waals surface area contributed by atoms with Crippen molar-refractivity contribution in [2.45, 2.75) is 39.2 Å². The molecule has 0 aromatic carbocycles. The lowest BCUT2D eigenvalue weighted by atomic mass is 9.78. The summed E-state index contributed by atoms with van der Waals surface area (Å²) in [7, 11) is 0. The zero-order valence-electron chi connectivity index (χ0n) is 10.3. The van der Waals surface area contributed by atoms with Crippen molar-refractivity contribution in [1.82, 2.24) is 0 Å². The maximum Gasteiger partial charge on any atom is 0.0572 e. The van der Waals surface area contributed by atoms with Gasteiger partial charge in [0.05, 0.1) is 6.10 Å². The van der Waals surface area contributed by atoms with E-state index in [9.17, 15) is 5.11 Å². The normalized spacial score (nSPS) is 46.3. The SMILES string of the molecule is C[C@H](O)[C@@H](C)/C=C1\CC2CC1[C@H]1C=CC[C@@H]21. The molecule has 1 nitrogen and oxygen atoms in total. The Kier molecular flexibility index (Phi) is 2.47. The first-order valence-electron chi connectivity index (χ1n) is 6.72. The van der Waals surface area contributed by atoms with Crippen molar-refractivity contribution >= 4 is 0 Å². The second kappa shape index (κ2) is 3.73. The number of hydrogen-bond acceptors (Lipinski definition) is 1. The van der Waals surface area contributed by atoms with E-state index in [1.807, 2.05) is 6.92 Å². The van der Waals surface area contributed by atoms with E-state index in [-0.39, 0.29) is 6.10 Å². The summed E-state index contributed by atoms with van der Waals surface area (Å²) < 4.78 is 0. The highest BCUT2D eigenvalue weighted by atomic mass is 16.3. The molecule has 16 heavy (non-hydrogen) atoms. The smallest absolute Gasteiger partial charge is 0.0572 e. The van der Waals surface area contributed by atoms with Gasteiger partial charge in [-0.2, -0.15) is 0 Å². The maximum absolute atomic E-state index is 9.58. The first-order valence-corrected chi connectivity index (χ1v) is 6.72. The molecule has 6 atom stereocenters. The monoisotopic (exact) mass is 218 g/mol. The predicted molar refractivity (Wildman–Crippen MR) is 65.9 cm³/mol. The molecule has 2 saturated carbocycles. The highest BCUT2D eigenvalue weighted by Crippen LogP contribution is 2.58. The minimum absolute atomic E-state index is 0.207. The fourth-order valence-corrected chi connectivity index (χ4v) is 4.05. The first kappa shape index (κ1) is 10.6. The van der Waals surface area contributed by atoms with E-state index in [0.29, 0.717) is 5.92 Å². The fraction of sp³-hybridized carbons (Fsp3) is 0.733. The molecule has 3 aliphatic rings. The highest BCUT2D eigenvalue weighted by molar-refractivity contribution is 5.27. The van der Waals surface area contributed by atoms with Gasteiger partial charge < -0.3 is 5.11 Å². The second-order valence-electron chi connectivity index (χ2n) is 6.05. The molecule has 0 aromatic rings. The van der Waals surface area contributed by atoms with Gasteiger partial charge in [0.15, 0.2) is 0 Å². The van der Waals surface area contributed by atoms with Crippen LogP contribution in [0.2, 0.25) is 0 Å².